The van der Waals surface area contributed by atoms with Gasteiger partial charge in [-0.3, -0.25) is 4.79 Å². The van der Waals surface area contributed by atoms with Gasteiger partial charge in [-0.2, -0.15) is 0 Å². The molecule has 2 aromatic rings. The summed E-state index contributed by atoms with van der Waals surface area (Å²) in [5.41, 5.74) is 2.30. The van der Waals surface area contributed by atoms with Gasteiger partial charge in [-0.1, -0.05) is 22.0 Å². The van der Waals surface area contributed by atoms with Gasteiger partial charge >= 0.3 is 0 Å². The average molecular weight is 399 g/mol. The lowest BCUT2D eigenvalue weighted by atomic mass is 10.1. The van der Waals surface area contributed by atoms with Crippen molar-refractivity contribution in [2.45, 2.75) is 6.92 Å². The SMILES string of the molecule is COc1cc(Br)ccc1C(=O)Nc1cc(C)ccc1Br. The van der Waals surface area contributed by atoms with E-state index in [0.717, 1.165) is 20.2 Å². The molecule has 0 aliphatic carbocycles. The lowest BCUT2D eigenvalue weighted by Crippen LogP contribution is -2.13. The third-order valence-corrected chi connectivity index (χ3v) is 3.96. The number of carbonyl (C=O) groups excluding carboxylic acids is 1. The fourth-order valence-corrected chi connectivity index (χ4v) is 2.46. The van der Waals surface area contributed by atoms with Crippen LogP contribution < -0.4 is 10.1 Å². The summed E-state index contributed by atoms with van der Waals surface area (Å²) < 4.78 is 6.94. The van der Waals surface area contributed by atoms with Gasteiger partial charge in [0.25, 0.3) is 5.91 Å². The van der Waals surface area contributed by atoms with Crippen LogP contribution in [0.3, 0.4) is 0 Å². The first-order chi connectivity index (χ1) is 9.51. The molecule has 0 unspecified atom stereocenters. The number of aryl methyl sites for hydroxylation is 1. The molecule has 1 N–H and O–H groups in total. The Balaban J connectivity index is 2.30. The zero-order valence-electron chi connectivity index (χ0n) is 11.0. The zero-order valence-corrected chi connectivity index (χ0v) is 14.2. The van der Waals surface area contributed by atoms with Gasteiger partial charge in [-0.15, -0.1) is 0 Å². The molecule has 0 saturated heterocycles. The highest BCUT2D eigenvalue weighted by Gasteiger charge is 2.14. The van der Waals surface area contributed by atoms with Crippen LogP contribution in [0, 0.1) is 6.92 Å². The Hall–Kier alpha value is -1.33. The first-order valence-corrected chi connectivity index (χ1v) is 7.51. The van der Waals surface area contributed by atoms with Crippen LogP contribution in [0.25, 0.3) is 0 Å². The van der Waals surface area contributed by atoms with Crippen molar-refractivity contribution in [2.24, 2.45) is 0 Å². The highest BCUT2D eigenvalue weighted by Crippen LogP contribution is 2.27. The van der Waals surface area contributed by atoms with E-state index in [2.05, 4.69) is 37.2 Å². The summed E-state index contributed by atoms with van der Waals surface area (Å²) in [7, 11) is 1.54. The number of anilines is 1. The molecule has 20 heavy (non-hydrogen) atoms. The number of hydrogen-bond donors (Lipinski definition) is 1. The number of carbonyl (C=O) groups is 1. The Bertz CT molecular complexity index is 656. The summed E-state index contributed by atoms with van der Waals surface area (Å²) in [4.78, 5) is 12.3. The van der Waals surface area contributed by atoms with Crippen molar-refractivity contribution in [2.75, 3.05) is 12.4 Å². The zero-order chi connectivity index (χ0) is 14.7. The fourth-order valence-electron chi connectivity index (χ4n) is 1.78. The minimum absolute atomic E-state index is 0.208. The maximum Gasteiger partial charge on any atom is 0.259 e. The second-order valence-electron chi connectivity index (χ2n) is 4.28. The predicted molar refractivity (Wildman–Crippen MR) is 87.5 cm³/mol. The van der Waals surface area contributed by atoms with E-state index >= 15 is 0 Å². The molecule has 2 aromatic carbocycles. The van der Waals surface area contributed by atoms with Crippen molar-refractivity contribution in [1.82, 2.24) is 0 Å². The van der Waals surface area contributed by atoms with E-state index in [1.807, 2.05) is 31.2 Å². The largest absolute Gasteiger partial charge is 0.496 e. The maximum atomic E-state index is 12.3. The fraction of sp³-hybridized carbons (Fsp3) is 0.133. The standard InChI is InChI=1S/C15H13Br2NO2/c1-9-3-6-12(17)13(7-9)18-15(19)11-5-4-10(16)8-14(11)20-2/h3-8H,1-2H3,(H,18,19). The average Bonchev–Trinajstić information content (AvgIpc) is 2.42. The molecule has 0 bridgehead atoms. The predicted octanol–water partition coefficient (Wildman–Crippen LogP) is 4.78. The molecule has 0 atom stereocenters. The van der Waals surface area contributed by atoms with E-state index in [0.29, 0.717) is 11.3 Å². The number of hydrogen-bond acceptors (Lipinski definition) is 2. The highest BCUT2D eigenvalue weighted by atomic mass is 79.9. The Morgan fingerprint density at radius 3 is 2.60 bits per heavy atom. The summed E-state index contributed by atoms with van der Waals surface area (Å²) in [6, 6.07) is 11.1. The third kappa shape index (κ3) is 3.41. The molecule has 2 rings (SSSR count). The van der Waals surface area contributed by atoms with Crippen LogP contribution >= 0.6 is 31.9 Å². The molecule has 1 amide bonds. The van der Waals surface area contributed by atoms with Crippen LogP contribution in [0.2, 0.25) is 0 Å². The molecule has 0 aliphatic rings. The van der Waals surface area contributed by atoms with Crippen LogP contribution in [0.15, 0.2) is 45.3 Å². The van der Waals surface area contributed by atoms with Crippen LogP contribution in [0.4, 0.5) is 5.69 Å². The number of nitrogens with one attached hydrogen (secondary N) is 1. The van der Waals surface area contributed by atoms with Gasteiger partial charge in [0.1, 0.15) is 5.75 Å². The van der Waals surface area contributed by atoms with Gasteiger partial charge in [0.15, 0.2) is 0 Å². The van der Waals surface area contributed by atoms with E-state index in [9.17, 15) is 4.79 Å². The summed E-state index contributed by atoms with van der Waals surface area (Å²) in [5, 5.41) is 2.88. The molecule has 0 heterocycles. The molecular formula is C15H13Br2NO2. The molecule has 3 nitrogen and oxygen atoms in total. The Kier molecular flexibility index (Phi) is 4.83. The summed E-state index contributed by atoms with van der Waals surface area (Å²) in [6.45, 7) is 1.97. The topological polar surface area (TPSA) is 38.3 Å². The van der Waals surface area contributed by atoms with Crippen LogP contribution in [-0.4, -0.2) is 13.0 Å². The van der Waals surface area contributed by atoms with Crippen molar-refractivity contribution in [1.29, 1.82) is 0 Å². The molecule has 104 valence electrons. The molecule has 0 fully saturated rings. The van der Waals surface area contributed by atoms with E-state index < -0.39 is 0 Å². The summed E-state index contributed by atoms with van der Waals surface area (Å²) in [5.74, 6) is 0.321. The lowest BCUT2D eigenvalue weighted by molar-refractivity contribution is 0.102. The Labute approximate surface area is 134 Å². The number of amides is 1. The summed E-state index contributed by atoms with van der Waals surface area (Å²) in [6.07, 6.45) is 0. The van der Waals surface area contributed by atoms with Crippen LogP contribution in [-0.2, 0) is 0 Å². The van der Waals surface area contributed by atoms with Gasteiger partial charge in [0.2, 0.25) is 0 Å². The van der Waals surface area contributed by atoms with Crippen molar-refractivity contribution >= 4 is 43.5 Å². The quantitative estimate of drug-likeness (QED) is 0.807. The van der Waals surface area contributed by atoms with Gasteiger partial charge in [0.05, 0.1) is 18.4 Å². The molecule has 0 saturated carbocycles. The molecule has 5 heteroatoms. The van der Waals surface area contributed by atoms with E-state index in [1.165, 1.54) is 0 Å². The second kappa shape index (κ2) is 6.41. The molecule has 0 radical (unpaired) electrons. The molecular weight excluding hydrogens is 386 g/mol. The van der Waals surface area contributed by atoms with Gasteiger partial charge in [-0.25, -0.2) is 0 Å². The van der Waals surface area contributed by atoms with Gasteiger partial charge < -0.3 is 10.1 Å². The normalized spacial score (nSPS) is 10.2. The monoisotopic (exact) mass is 397 g/mol. The van der Waals surface area contributed by atoms with Crippen LogP contribution in [0.5, 0.6) is 5.75 Å². The number of ether oxygens (including phenoxy) is 1. The Morgan fingerprint density at radius 1 is 1.15 bits per heavy atom. The lowest BCUT2D eigenvalue weighted by Gasteiger charge is -2.11. The van der Waals surface area contributed by atoms with E-state index in [1.54, 1.807) is 19.2 Å². The molecule has 0 aliphatic heterocycles. The first-order valence-electron chi connectivity index (χ1n) is 5.92. The van der Waals surface area contributed by atoms with Gasteiger partial charge in [-0.05, 0) is 58.7 Å². The molecule has 0 aromatic heterocycles. The van der Waals surface area contributed by atoms with Crippen molar-refractivity contribution < 1.29 is 9.53 Å². The van der Waals surface area contributed by atoms with Crippen molar-refractivity contribution in [3.63, 3.8) is 0 Å². The maximum absolute atomic E-state index is 12.3. The number of methoxy groups -OCH3 is 1. The number of rotatable bonds is 3. The highest BCUT2D eigenvalue weighted by molar-refractivity contribution is 9.10. The number of halogens is 2. The minimum atomic E-state index is -0.208. The first kappa shape index (κ1) is 15.1. The van der Waals surface area contributed by atoms with E-state index in [-0.39, 0.29) is 5.91 Å². The van der Waals surface area contributed by atoms with Gasteiger partial charge in [0, 0.05) is 8.95 Å². The Morgan fingerprint density at radius 2 is 1.90 bits per heavy atom. The molecule has 0 spiro atoms. The second-order valence-corrected chi connectivity index (χ2v) is 6.05. The number of benzene rings is 2. The van der Waals surface area contributed by atoms with Crippen LogP contribution in [0.1, 0.15) is 15.9 Å². The third-order valence-electron chi connectivity index (χ3n) is 2.78. The van der Waals surface area contributed by atoms with Crippen molar-refractivity contribution in [3.05, 3.63) is 56.5 Å². The van der Waals surface area contributed by atoms with Crippen molar-refractivity contribution in [3.8, 4) is 5.75 Å². The smallest absolute Gasteiger partial charge is 0.259 e. The summed E-state index contributed by atoms with van der Waals surface area (Å²) >= 11 is 6.78. The minimum Gasteiger partial charge on any atom is -0.496 e. The van der Waals surface area contributed by atoms with E-state index in [4.69, 9.17) is 4.74 Å².